The molecule has 1 saturated heterocycles. The smallest absolute Gasteiger partial charge is 0.159 e. The SMILES string of the molecule is Cc1nc(CN2CCN(c3c(Br)cnc4[nH]c(-c5ccc(OCCO)cc5)nc34)CC2)cs1. The number of nitrogens with one attached hydrogen (secondary N) is 1. The number of hydrogen-bond donors (Lipinski definition) is 2. The number of ether oxygens (including phenoxy) is 1. The maximum atomic E-state index is 8.92. The van der Waals surface area contributed by atoms with Crippen molar-refractivity contribution in [1.82, 2.24) is 24.8 Å². The molecule has 0 aliphatic carbocycles. The van der Waals surface area contributed by atoms with Gasteiger partial charge in [0, 0.05) is 49.9 Å². The minimum atomic E-state index is -0.00650. The molecule has 5 rings (SSSR count). The van der Waals surface area contributed by atoms with Crippen LogP contribution in [0.25, 0.3) is 22.6 Å². The number of pyridine rings is 1. The van der Waals surface area contributed by atoms with Crippen molar-refractivity contribution in [2.75, 3.05) is 44.3 Å². The van der Waals surface area contributed by atoms with Gasteiger partial charge < -0.3 is 19.7 Å². The van der Waals surface area contributed by atoms with Crippen LogP contribution < -0.4 is 9.64 Å². The number of nitrogens with zero attached hydrogens (tertiary/aromatic N) is 5. The van der Waals surface area contributed by atoms with Crippen LogP contribution in [0.1, 0.15) is 10.7 Å². The molecule has 0 atom stereocenters. The molecule has 10 heteroatoms. The van der Waals surface area contributed by atoms with E-state index in [1.807, 2.05) is 30.5 Å². The van der Waals surface area contributed by atoms with E-state index in [2.05, 4.69) is 53.0 Å². The largest absolute Gasteiger partial charge is 0.491 e. The first-order valence-corrected chi connectivity index (χ1v) is 12.5. The summed E-state index contributed by atoms with van der Waals surface area (Å²) in [6.07, 6.45) is 1.84. The number of aliphatic hydroxyl groups is 1. The van der Waals surface area contributed by atoms with Crippen LogP contribution in [-0.4, -0.2) is 69.3 Å². The molecule has 4 heterocycles. The molecule has 4 aromatic rings. The van der Waals surface area contributed by atoms with Crippen LogP contribution in [0.3, 0.4) is 0 Å². The van der Waals surface area contributed by atoms with Gasteiger partial charge in [0.1, 0.15) is 23.7 Å². The van der Waals surface area contributed by atoms with E-state index in [0.29, 0.717) is 0 Å². The number of H-pyrrole nitrogens is 1. The normalized spacial score (nSPS) is 14.8. The summed E-state index contributed by atoms with van der Waals surface area (Å²) < 4.78 is 6.40. The zero-order chi connectivity index (χ0) is 22.8. The van der Waals surface area contributed by atoms with Crippen LogP contribution in [0.15, 0.2) is 40.3 Å². The van der Waals surface area contributed by atoms with Crippen LogP contribution >= 0.6 is 27.3 Å². The van der Waals surface area contributed by atoms with Crippen molar-refractivity contribution in [1.29, 1.82) is 0 Å². The van der Waals surface area contributed by atoms with Crippen molar-refractivity contribution in [3.8, 4) is 17.1 Å². The van der Waals surface area contributed by atoms with E-state index >= 15 is 0 Å². The first-order chi connectivity index (χ1) is 16.1. The molecule has 0 unspecified atom stereocenters. The summed E-state index contributed by atoms with van der Waals surface area (Å²) in [5, 5.41) is 12.2. The molecule has 1 fully saturated rings. The summed E-state index contributed by atoms with van der Waals surface area (Å²) in [6, 6.07) is 7.67. The first-order valence-electron chi connectivity index (χ1n) is 10.9. The van der Waals surface area contributed by atoms with Gasteiger partial charge in [-0.1, -0.05) is 0 Å². The average molecular weight is 529 g/mol. The van der Waals surface area contributed by atoms with E-state index in [-0.39, 0.29) is 13.2 Å². The second-order valence-electron chi connectivity index (χ2n) is 7.95. The zero-order valence-corrected chi connectivity index (χ0v) is 20.7. The molecule has 0 bridgehead atoms. The van der Waals surface area contributed by atoms with Gasteiger partial charge in [-0.05, 0) is 47.1 Å². The van der Waals surface area contributed by atoms with Crippen molar-refractivity contribution in [3.05, 3.63) is 51.0 Å². The van der Waals surface area contributed by atoms with E-state index in [1.165, 1.54) is 0 Å². The summed E-state index contributed by atoms with van der Waals surface area (Å²) in [7, 11) is 0. The first kappa shape index (κ1) is 22.3. The minimum absolute atomic E-state index is 0.00650. The van der Waals surface area contributed by atoms with E-state index in [4.69, 9.17) is 14.8 Å². The van der Waals surface area contributed by atoms with Crippen molar-refractivity contribution >= 4 is 44.1 Å². The maximum absolute atomic E-state index is 8.92. The van der Waals surface area contributed by atoms with Gasteiger partial charge in [0.2, 0.25) is 0 Å². The van der Waals surface area contributed by atoms with Crippen LogP contribution in [0, 0.1) is 6.92 Å². The number of aromatic nitrogens is 4. The summed E-state index contributed by atoms with van der Waals surface area (Å²) in [4.78, 5) is 22.3. The molecule has 1 aromatic carbocycles. The highest BCUT2D eigenvalue weighted by molar-refractivity contribution is 9.10. The highest BCUT2D eigenvalue weighted by Crippen LogP contribution is 2.34. The number of imidazole rings is 1. The van der Waals surface area contributed by atoms with Crippen LogP contribution in [-0.2, 0) is 6.54 Å². The van der Waals surface area contributed by atoms with Gasteiger partial charge in [-0.2, -0.15) is 0 Å². The lowest BCUT2D eigenvalue weighted by Crippen LogP contribution is -2.46. The number of anilines is 1. The van der Waals surface area contributed by atoms with E-state index < -0.39 is 0 Å². The molecule has 3 aromatic heterocycles. The number of hydrogen-bond acceptors (Lipinski definition) is 8. The van der Waals surface area contributed by atoms with Gasteiger partial charge >= 0.3 is 0 Å². The average Bonchev–Trinajstić information content (AvgIpc) is 3.44. The lowest BCUT2D eigenvalue weighted by atomic mass is 10.2. The Morgan fingerprint density at radius 3 is 2.64 bits per heavy atom. The predicted molar refractivity (Wildman–Crippen MR) is 134 cm³/mol. The number of fused-ring (bicyclic) bond motifs is 1. The number of halogens is 1. The Morgan fingerprint density at radius 1 is 1.15 bits per heavy atom. The third-order valence-corrected chi connectivity index (χ3v) is 7.07. The second kappa shape index (κ2) is 9.76. The number of aromatic amines is 1. The quantitative estimate of drug-likeness (QED) is 0.376. The molecular formula is C23H25BrN6O2S. The zero-order valence-electron chi connectivity index (χ0n) is 18.3. The third kappa shape index (κ3) is 4.89. The summed E-state index contributed by atoms with van der Waals surface area (Å²) in [5.74, 6) is 1.49. The molecule has 0 radical (unpaired) electrons. The Morgan fingerprint density at radius 2 is 1.94 bits per heavy atom. The summed E-state index contributed by atoms with van der Waals surface area (Å²) in [5.41, 5.74) is 4.82. The Bertz CT molecular complexity index is 1230. The van der Waals surface area contributed by atoms with Crippen LogP contribution in [0.4, 0.5) is 5.69 Å². The molecule has 0 spiro atoms. The molecule has 8 nitrogen and oxygen atoms in total. The lowest BCUT2D eigenvalue weighted by molar-refractivity contribution is 0.201. The minimum Gasteiger partial charge on any atom is -0.491 e. The van der Waals surface area contributed by atoms with Crippen molar-refractivity contribution in [2.45, 2.75) is 13.5 Å². The molecule has 172 valence electrons. The Labute approximate surface area is 204 Å². The van der Waals surface area contributed by atoms with Crippen molar-refractivity contribution in [2.24, 2.45) is 0 Å². The van der Waals surface area contributed by atoms with E-state index in [9.17, 15) is 0 Å². The third-order valence-electron chi connectivity index (χ3n) is 5.67. The highest BCUT2D eigenvalue weighted by Gasteiger charge is 2.23. The van der Waals surface area contributed by atoms with Crippen LogP contribution in [0.2, 0.25) is 0 Å². The number of benzene rings is 1. The fraction of sp³-hybridized carbons (Fsp3) is 0.348. The van der Waals surface area contributed by atoms with Gasteiger partial charge in [0.05, 0.1) is 27.5 Å². The summed E-state index contributed by atoms with van der Waals surface area (Å²) >= 11 is 5.41. The maximum Gasteiger partial charge on any atom is 0.159 e. The topological polar surface area (TPSA) is 90.4 Å². The van der Waals surface area contributed by atoms with Gasteiger partial charge in [-0.3, -0.25) is 4.90 Å². The molecule has 0 amide bonds. The van der Waals surface area contributed by atoms with Crippen molar-refractivity contribution in [3.63, 3.8) is 0 Å². The van der Waals surface area contributed by atoms with Crippen LogP contribution in [0.5, 0.6) is 5.75 Å². The second-order valence-corrected chi connectivity index (χ2v) is 9.87. The predicted octanol–water partition coefficient (Wildman–Crippen LogP) is 3.85. The van der Waals surface area contributed by atoms with Gasteiger partial charge in [0.15, 0.2) is 5.65 Å². The fourth-order valence-corrected chi connectivity index (χ4v) is 5.21. The van der Waals surface area contributed by atoms with E-state index in [0.717, 1.165) is 81.9 Å². The van der Waals surface area contributed by atoms with Crippen molar-refractivity contribution < 1.29 is 9.84 Å². The monoisotopic (exact) mass is 528 g/mol. The fourth-order valence-electron chi connectivity index (χ4n) is 4.07. The molecule has 2 N–H and O–H groups in total. The molecule has 33 heavy (non-hydrogen) atoms. The number of thiazole rings is 1. The summed E-state index contributed by atoms with van der Waals surface area (Å²) in [6.45, 7) is 7.00. The molecular weight excluding hydrogens is 504 g/mol. The standard InChI is InChI=1S/C23H25BrN6O2S/c1-15-26-17(14-33-15)13-29-6-8-30(9-7-29)21-19(24)12-25-23-20(21)27-22(28-23)16-2-4-18(5-3-16)32-11-10-31/h2-5,12,14,31H,6-11,13H2,1H3,(H,25,27,28). The van der Waals surface area contributed by atoms with Gasteiger partial charge in [-0.15, -0.1) is 11.3 Å². The molecule has 1 aliphatic heterocycles. The van der Waals surface area contributed by atoms with Gasteiger partial charge in [0.25, 0.3) is 0 Å². The van der Waals surface area contributed by atoms with Gasteiger partial charge in [-0.25, -0.2) is 15.0 Å². The molecule has 1 aliphatic rings. The molecule has 0 saturated carbocycles. The van der Waals surface area contributed by atoms with E-state index in [1.54, 1.807) is 11.3 Å². The number of rotatable bonds is 7. The Hall–Kier alpha value is -2.53. The highest BCUT2D eigenvalue weighted by atomic mass is 79.9. The number of aliphatic hydroxyl groups excluding tert-OH is 1. The Kier molecular flexibility index (Phi) is 6.59. The Balaban J connectivity index is 1.34. The lowest BCUT2D eigenvalue weighted by Gasteiger charge is -2.36. The number of piperazine rings is 1. The number of aryl methyl sites for hydroxylation is 1.